The van der Waals surface area contributed by atoms with Gasteiger partial charge in [-0.15, -0.1) is 0 Å². The van der Waals surface area contributed by atoms with Crippen molar-refractivity contribution in [1.29, 1.82) is 0 Å². The van der Waals surface area contributed by atoms with Crippen molar-refractivity contribution in [2.24, 2.45) is 7.05 Å². The fourth-order valence-electron chi connectivity index (χ4n) is 2.06. The zero-order chi connectivity index (χ0) is 14.7. The molecule has 2 rings (SSSR count). The maximum atomic E-state index is 12.5. The molecule has 0 aliphatic heterocycles. The van der Waals surface area contributed by atoms with Gasteiger partial charge in [0.2, 0.25) is 5.91 Å². The third-order valence-corrected chi connectivity index (χ3v) is 3.16. The summed E-state index contributed by atoms with van der Waals surface area (Å²) in [5, 5.41) is 5.41. The van der Waals surface area contributed by atoms with Gasteiger partial charge < -0.3 is 10.6 Å². The Kier molecular flexibility index (Phi) is 4.05. The van der Waals surface area contributed by atoms with Crippen LogP contribution in [-0.2, 0) is 11.8 Å². The molecule has 106 valence electrons. The second-order valence-corrected chi connectivity index (χ2v) is 4.52. The molecule has 0 spiro atoms. The SMILES string of the molecule is CNCC(=O)Nc1c(C)n(C)n(-c2ccccc2)c1=O. The first-order valence-electron chi connectivity index (χ1n) is 6.34. The fourth-order valence-corrected chi connectivity index (χ4v) is 2.06. The highest BCUT2D eigenvalue weighted by Crippen LogP contribution is 2.13. The molecule has 2 N–H and O–H groups in total. The van der Waals surface area contributed by atoms with Crippen molar-refractivity contribution in [3.05, 3.63) is 46.4 Å². The average molecular weight is 274 g/mol. The van der Waals surface area contributed by atoms with E-state index in [4.69, 9.17) is 0 Å². The number of aromatic nitrogens is 2. The van der Waals surface area contributed by atoms with Gasteiger partial charge in [-0.2, -0.15) is 0 Å². The van der Waals surface area contributed by atoms with Crippen molar-refractivity contribution < 1.29 is 4.79 Å². The minimum absolute atomic E-state index is 0.166. The lowest BCUT2D eigenvalue weighted by molar-refractivity contribution is -0.115. The van der Waals surface area contributed by atoms with Crippen molar-refractivity contribution >= 4 is 11.6 Å². The molecule has 0 atom stereocenters. The predicted molar refractivity (Wildman–Crippen MR) is 78.3 cm³/mol. The Morgan fingerprint density at radius 1 is 1.25 bits per heavy atom. The van der Waals surface area contributed by atoms with Gasteiger partial charge in [0, 0.05) is 7.05 Å². The molecule has 0 saturated heterocycles. The molecule has 20 heavy (non-hydrogen) atoms. The van der Waals surface area contributed by atoms with Crippen molar-refractivity contribution in [3.63, 3.8) is 0 Å². The standard InChI is InChI=1S/C14H18N4O2/c1-10-13(16-12(19)9-15-2)14(20)18(17(10)3)11-7-5-4-6-8-11/h4-8,15H,9H2,1-3H3,(H,16,19). The molecule has 0 fully saturated rings. The Hall–Kier alpha value is -2.34. The quantitative estimate of drug-likeness (QED) is 0.860. The number of amides is 1. The molecule has 0 saturated carbocycles. The average Bonchev–Trinajstić information content (AvgIpc) is 2.64. The molecule has 1 aromatic heterocycles. The molecular formula is C14H18N4O2. The third-order valence-electron chi connectivity index (χ3n) is 3.16. The Balaban J connectivity index is 2.47. The Morgan fingerprint density at radius 2 is 1.90 bits per heavy atom. The molecule has 1 aromatic carbocycles. The van der Waals surface area contributed by atoms with Gasteiger partial charge in [0.1, 0.15) is 5.69 Å². The van der Waals surface area contributed by atoms with Crippen molar-refractivity contribution in [3.8, 4) is 5.69 Å². The van der Waals surface area contributed by atoms with Crippen LogP contribution in [0.2, 0.25) is 0 Å². The molecule has 6 nitrogen and oxygen atoms in total. The largest absolute Gasteiger partial charge is 0.319 e. The zero-order valence-electron chi connectivity index (χ0n) is 11.8. The van der Waals surface area contributed by atoms with Gasteiger partial charge in [0.25, 0.3) is 5.56 Å². The lowest BCUT2D eigenvalue weighted by Crippen LogP contribution is -2.28. The Labute approximate surface area is 117 Å². The van der Waals surface area contributed by atoms with Gasteiger partial charge in [-0.05, 0) is 26.1 Å². The number of hydrogen-bond acceptors (Lipinski definition) is 3. The third kappa shape index (κ3) is 2.50. The first kappa shape index (κ1) is 14.1. The number of para-hydroxylation sites is 1. The number of hydrogen-bond donors (Lipinski definition) is 2. The number of benzene rings is 1. The van der Waals surface area contributed by atoms with E-state index in [0.29, 0.717) is 11.4 Å². The van der Waals surface area contributed by atoms with Gasteiger partial charge in [0.15, 0.2) is 0 Å². The van der Waals surface area contributed by atoms with E-state index < -0.39 is 0 Å². The molecule has 1 amide bonds. The fraction of sp³-hybridized carbons (Fsp3) is 0.286. The van der Waals surface area contributed by atoms with Gasteiger partial charge in [0.05, 0.1) is 17.9 Å². The van der Waals surface area contributed by atoms with Crippen LogP contribution in [0.5, 0.6) is 0 Å². The van der Waals surface area contributed by atoms with Crippen LogP contribution in [0, 0.1) is 6.92 Å². The zero-order valence-corrected chi connectivity index (χ0v) is 11.8. The number of rotatable bonds is 4. The molecular weight excluding hydrogens is 256 g/mol. The summed E-state index contributed by atoms with van der Waals surface area (Å²) in [4.78, 5) is 24.1. The predicted octanol–water partition coefficient (Wildman–Crippen LogP) is 0.642. The molecule has 0 aliphatic carbocycles. The second-order valence-electron chi connectivity index (χ2n) is 4.52. The van der Waals surface area contributed by atoms with E-state index in [1.54, 1.807) is 25.7 Å². The van der Waals surface area contributed by atoms with E-state index in [1.807, 2.05) is 30.3 Å². The van der Waals surface area contributed by atoms with Crippen LogP contribution in [-0.4, -0.2) is 28.9 Å². The van der Waals surface area contributed by atoms with Crippen molar-refractivity contribution in [1.82, 2.24) is 14.7 Å². The van der Waals surface area contributed by atoms with Gasteiger partial charge in [-0.1, -0.05) is 18.2 Å². The van der Waals surface area contributed by atoms with E-state index in [2.05, 4.69) is 10.6 Å². The molecule has 1 heterocycles. The normalized spacial score (nSPS) is 10.6. The van der Waals surface area contributed by atoms with E-state index in [9.17, 15) is 9.59 Å². The van der Waals surface area contributed by atoms with Crippen LogP contribution >= 0.6 is 0 Å². The van der Waals surface area contributed by atoms with Crippen LogP contribution in [0.15, 0.2) is 35.1 Å². The summed E-state index contributed by atoms with van der Waals surface area (Å²) in [5.41, 5.74) is 1.55. The molecule has 0 aliphatic rings. The minimum Gasteiger partial charge on any atom is -0.319 e. The number of carbonyl (C=O) groups excluding carboxylic acids is 1. The van der Waals surface area contributed by atoms with Gasteiger partial charge >= 0.3 is 0 Å². The van der Waals surface area contributed by atoms with Gasteiger partial charge in [-0.25, -0.2) is 4.68 Å². The number of anilines is 1. The summed E-state index contributed by atoms with van der Waals surface area (Å²) < 4.78 is 3.26. The van der Waals surface area contributed by atoms with Crippen LogP contribution in [0.25, 0.3) is 5.69 Å². The lowest BCUT2D eigenvalue weighted by Gasteiger charge is -2.07. The summed E-state index contributed by atoms with van der Waals surface area (Å²) >= 11 is 0. The summed E-state index contributed by atoms with van der Waals surface area (Å²) in [6, 6.07) is 9.31. The summed E-state index contributed by atoms with van der Waals surface area (Å²) in [6.45, 7) is 1.97. The first-order chi connectivity index (χ1) is 9.56. The van der Waals surface area contributed by atoms with E-state index >= 15 is 0 Å². The summed E-state index contributed by atoms with van der Waals surface area (Å²) in [7, 11) is 3.47. The molecule has 0 bridgehead atoms. The van der Waals surface area contributed by atoms with Crippen molar-refractivity contribution in [2.75, 3.05) is 18.9 Å². The maximum absolute atomic E-state index is 12.5. The number of nitrogens with one attached hydrogen (secondary N) is 2. The van der Waals surface area contributed by atoms with Crippen LogP contribution in [0.4, 0.5) is 5.69 Å². The Morgan fingerprint density at radius 3 is 2.50 bits per heavy atom. The molecule has 2 aromatic rings. The second kappa shape index (κ2) is 5.75. The molecule has 0 unspecified atom stereocenters. The molecule has 0 radical (unpaired) electrons. The van der Waals surface area contributed by atoms with Crippen LogP contribution < -0.4 is 16.2 Å². The van der Waals surface area contributed by atoms with Crippen molar-refractivity contribution in [2.45, 2.75) is 6.92 Å². The first-order valence-corrected chi connectivity index (χ1v) is 6.34. The summed E-state index contributed by atoms with van der Waals surface area (Å²) in [6.07, 6.45) is 0. The smallest absolute Gasteiger partial charge is 0.295 e. The lowest BCUT2D eigenvalue weighted by atomic mass is 10.3. The highest BCUT2D eigenvalue weighted by Gasteiger charge is 2.17. The van der Waals surface area contributed by atoms with E-state index in [1.165, 1.54) is 4.68 Å². The Bertz CT molecular complexity index is 670. The highest BCUT2D eigenvalue weighted by molar-refractivity contribution is 5.92. The molecule has 6 heteroatoms. The summed E-state index contributed by atoms with van der Waals surface area (Å²) in [5.74, 6) is -0.237. The maximum Gasteiger partial charge on any atom is 0.295 e. The monoisotopic (exact) mass is 274 g/mol. The number of likely N-dealkylation sites (N-methyl/N-ethyl adjacent to an activating group) is 1. The number of carbonyl (C=O) groups is 1. The number of nitrogens with zero attached hydrogens (tertiary/aromatic N) is 2. The van der Waals surface area contributed by atoms with E-state index in [0.717, 1.165) is 5.69 Å². The van der Waals surface area contributed by atoms with E-state index in [-0.39, 0.29) is 18.0 Å². The topological polar surface area (TPSA) is 68.1 Å². The van der Waals surface area contributed by atoms with Crippen LogP contribution in [0.1, 0.15) is 5.69 Å². The van der Waals surface area contributed by atoms with Crippen LogP contribution in [0.3, 0.4) is 0 Å². The minimum atomic E-state index is -0.237. The van der Waals surface area contributed by atoms with Gasteiger partial charge in [-0.3, -0.25) is 14.3 Å². The highest BCUT2D eigenvalue weighted by atomic mass is 16.2.